The second kappa shape index (κ2) is 6.59. The normalized spacial score (nSPS) is 14.3. The summed E-state index contributed by atoms with van der Waals surface area (Å²) in [5.41, 5.74) is -0.123. The van der Waals surface area contributed by atoms with E-state index < -0.39 is 11.7 Å². The van der Waals surface area contributed by atoms with E-state index >= 15 is 0 Å². The lowest BCUT2D eigenvalue weighted by molar-refractivity contribution is -0.137. The van der Waals surface area contributed by atoms with Crippen molar-refractivity contribution >= 4 is 0 Å². The molecule has 0 amide bonds. The van der Waals surface area contributed by atoms with Crippen LogP contribution in [0, 0.1) is 0 Å². The molecule has 5 heteroatoms. The molecule has 0 spiro atoms. The Hall–Kier alpha value is -1.07. The van der Waals surface area contributed by atoms with Crippen LogP contribution in [-0.2, 0) is 10.9 Å². The molecule has 0 heterocycles. The van der Waals surface area contributed by atoms with Gasteiger partial charge in [0.15, 0.2) is 0 Å². The summed E-state index contributed by atoms with van der Waals surface area (Å²) in [4.78, 5) is 0. The second-order valence-corrected chi connectivity index (χ2v) is 5.40. The predicted octanol–water partition coefficient (Wildman–Crippen LogP) is 4.17. The molecule has 2 nitrogen and oxygen atoms in total. The Balaban J connectivity index is 2.92. The van der Waals surface area contributed by atoms with E-state index in [-0.39, 0.29) is 11.6 Å². The van der Waals surface area contributed by atoms with Crippen molar-refractivity contribution in [3.8, 4) is 0 Å². The molecule has 0 aromatic heterocycles. The van der Waals surface area contributed by atoms with Gasteiger partial charge in [-0.15, -0.1) is 0 Å². The fourth-order valence-corrected chi connectivity index (χ4v) is 2.03. The third kappa shape index (κ3) is 4.80. The molecular formula is C15H22F3NO. The third-order valence-corrected chi connectivity index (χ3v) is 3.34. The van der Waals surface area contributed by atoms with E-state index in [1.165, 1.54) is 12.1 Å². The largest absolute Gasteiger partial charge is 0.416 e. The summed E-state index contributed by atoms with van der Waals surface area (Å²) >= 11 is 0. The third-order valence-electron chi connectivity index (χ3n) is 3.34. The van der Waals surface area contributed by atoms with Crippen molar-refractivity contribution in [1.29, 1.82) is 0 Å². The average Bonchev–Trinajstić information content (AvgIpc) is 2.37. The lowest BCUT2D eigenvalue weighted by Crippen LogP contribution is -2.32. The zero-order valence-electron chi connectivity index (χ0n) is 12.3. The minimum Gasteiger partial charge on any atom is -0.379 e. The second-order valence-electron chi connectivity index (χ2n) is 5.40. The van der Waals surface area contributed by atoms with Crippen molar-refractivity contribution in [3.05, 3.63) is 35.4 Å². The van der Waals surface area contributed by atoms with Crippen LogP contribution < -0.4 is 5.32 Å². The molecule has 0 aliphatic carbocycles. The summed E-state index contributed by atoms with van der Waals surface area (Å²) in [6, 6.07) is 5.28. The van der Waals surface area contributed by atoms with E-state index in [2.05, 4.69) is 5.32 Å². The van der Waals surface area contributed by atoms with Gasteiger partial charge >= 0.3 is 6.18 Å². The standard InChI is InChI=1S/C15H22F3NO/c1-5-19-13(10-14(2,3)20-4)11-6-8-12(9-7-11)15(16,17)18/h6-9,13,19H,5,10H2,1-4H3. The van der Waals surface area contributed by atoms with Crippen molar-refractivity contribution in [2.75, 3.05) is 13.7 Å². The zero-order chi connectivity index (χ0) is 15.4. The summed E-state index contributed by atoms with van der Waals surface area (Å²) in [5, 5.41) is 3.29. The summed E-state index contributed by atoms with van der Waals surface area (Å²) in [5.74, 6) is 0. The van der Waals surface area contributed by atoms with E-state index in [4.69, 9.17) is 4.74 Å². The maximum Gasteiger partial charge on any atom is 0.416 e. The monoisotopic (exact) mass is 289 g/mol. The minimum absolute atomic E-state index is 0.0303. The van der Waals surface area contributed by atoms with E-state index in [1.54, 1.807) is 7.11 Å². The molecule has 0 saturated carbocycles. The molecule has 0 aliphatic heterocycles. The summed E-state index contributed by atoms with van der Waals surface area (Å²) < 4.78 is 43.1. The lowest BCUT2D eigenvalue weighted by Gasteiger charge is -2.29. The summed E-state index contributed by atoms with van der Waals surface area (Å²) in [6.07, 6.45) is -3.61. The molecule has 114 valence electrons. The number of ether oxygens (including phenoxy) is 1. The van der Waals surface area contributed by atoms with E-state index in [0.29, 0.717) is 6.42 Å². The smallest absolute Gasteiger partial charge is 0.379 e. The van der Waals surface area contributed by atoms with Crippen LogP contribution in [0.1, 0.15) is 44.4 Å². The Morgan fingerprint density at radius 2 is 1.70 bits per heavy atom. The van der Waals surface area contributed by atoms with Gasteiger partial charge in [-0.05, 0) is 44.5 Å². The van der Waals surface area contributed by atoms with Gasteiger partial charge in [0.25, 0.3) is 0 Å². The molecule has 1 rings (SSSR count). The van der Waals surface area contributed by atoms with Crippen molar-refractivity contribution in [1.82, 2.24) is 5.32 Å². The average molecular weight is 289 g/mol. The molecule has 0 bridgehead atoms. The topological polar surface area (TPSA) is 21.3 Å². The molecular weight excluding hydrogens is 267 g/mol. The van der Waals surface area contributed by atoms with Crippen molar-refractivity contribution in [3.63, 3.8) is 0 Å². The van der Waals surface area contributed by atoms with E-state index in [9.17, 15) is 13.2 Å². The minimum atomic E-state index is -4.29. The van der Waals surface area contributed by atoms with Gasteiger partial charge < -0.3 is 10.1 Å². The Labute approximate surface area is 118 Å². The van der Waals surface area contributed by atoms with Crippen LogP contribution in [0.4, 0.5) is 13.2 Å². The number of methoxy groups -OCH3 is 1. The van der Waals surface area contributed by atoms with Crippen LogP contribution in [0.2, 0.25) is 0 Å². The molecule has 1 atom stereocenters. The number of hydrogen-bond acceptors (Lipinski definition) is 2. The zero-order valence-corrected chi connectivity index (χ0v) is 12.3. The maximum atomic E-state index is 12.6. The first kappa shape index (κ1) is 17.0. The number of nitrogens with one attached hydrogen (secondary N) is 1. The highest BCUT2D eigenvalue weighted by atomic mass is 19.4. The molecule has 0 fully saturated rings. The first-order valence-electron chi connectivity index (χ1n) is 6.65. The Kier molecular flexibility index (Phi) is 5.59. The number of alkyl halides is 3. The molecule has 1 aromatic rings. The van der Waals surface area contributed by atoms with Crippen LogP contribution in [0.25, 0.3) is 0 Å². The molecule has 1 unspecified atom stereocenters. The van der Waals surface area contributed by atoms with E-state index in [0.717, 1.165) is 24.2 Å². The fraction of sp³-hybridized carbons (Fsp3) is 0.600. The van der Waals surface area contributed by atoms with Crippen molar-refractivity contribution in [2.45, 2.75) is 45.0 Å². The maximum absolute atomic E-state index is 12.6. The number of halogens is 3. The van der Waals surface area contributed by atoms with Gasteiger partial charge in [-0.2, -0.15) is 13.2 Å². The lowest BCUT2D eigenvalue weighted by atomic mass is 9.93. The van der Waals surface area contributed by atoms with Gasteiger partial charge in [0.05, 0.1) is 11.2 Å². The van der Waals surface area contributed by atoms with Gasteiger partial charge in [-0.3, -0.25) is 0 Å². The molecule has 0 saturated heterocycles. The van der Waals surface area contributed by atoms with Gasteiger partial charge in [0.2, 0.25) is 0 Å². The van der Waals surface area contributed by atoms with E-state index in [1.807, 2.05) is 20.8 Å². The fourth-order valence-electron chi connectivity index (χ4n) is 2.03. The van der Waals surface area contributed by atoms with Gasteiger partial charge in [0, 0.05) is 13.2 Å². The molecule has 1 N–H and O–H groups in total. The number of benzene rings is 1. The van der Waals surface area contributed by atoms with Gasteiger partial charge in [-0.25, -0.2) is 0 Å². The predicted molar refractivity (Wildman–Crippen MR) is 73.6 cm³/mol. The highest BCUT2D eigenvalue weighted by Crippen LogP contribution is 2.31. The summed E-state index contributed by atoms with van der Waals surface area (Å²) in [7, 11) is 1.63. The molecule has 0 aliphatic rings. The van der Waals surface area contributed by atoms with Crippen molar-refractivity contribution in [2.24, 2.45) is 0 Å². The SMILES string of the molecule is CCNC(CC(C)(C)OC)c1ccc(C(F)(F)F)cc1. The van der Waals surface area contributed by atoms with Crippen molar-refractivity contribution < 1.29 is 17.9 Å². The van der Waals surface area contributed by atoms with Crippen LogP contribution in [0.15, 0.2) is 24.3 Å². The van der Waals surface area contributed by atoms with Gasteiger partial charge in [-0.1, -0.05) is 19.1 Å². The van der Waals surface area contributed by atoms with Crippen LogP contribution in [0.3, 0.4) is 0 Å². The number of hydrogen-bond donors (Lipinski definition) is 1. The van der Waals surface area contributed by atoms with Gasteiger partial charge in [0.1, 0.15) is 0 Å². The quantitative estimate of drug-likeness (QED) is 0.848. The Morgan fingerprint density at radius 1 is 1.15 bits per heavy atom. The van der Waals surface area contributed by atoms with Crippen LogP contribution in [-0.4, -0.2) is 19.3 Å². The molecule has 20 heavy (non-hydrogen) atoms. The molecule has 1 aromatic carbocycles. The first-order chi connectivity index (χ1) is 9.19. The number of rotatable bonds is 6. The van der Waals surface area contributed by atoms with Crippen LogP contribution >= 0.6 is 0 Å². The van der Waals surface area contributed by atoms with Crippen LogP contribution in [0.5, 0.6) is 0 Å². The Bertz CT molecular complexity index is 412. The Morgan fingerprint density at radius 3 is 2.10 bits per heavy atom. The highest BCUT2D eigenvalue weighted by molar-refractivity contribution is 5.27. The first-order valence-corrected chi connectivity index (χ1v) is 6.65. The molecule has 0 radical (unpaired) electrons. The summed E-state index contributed by atoms with van der Waals surface area (Å²) in [6.45, 7) is 6.63. The highest BCUT2D eigenvalue weighted by Gasteiger charge is 2.30.